The molecule has 1 saturated carbocycles. The predicted molar refractivity (Wildman–Crippen MR) is 133 cm³/mol. The molecule has 0 spiro atoms. The molecule has 2 aromatic heterocycles. The first kappa shape index (κ1) is 22.5. The molecule has 178 valence electrons. The van der Waals surface area contributed by atoms with Crippen molar-refractivity contribution in [2.75, 3.05) is 40.0 Å². The van der Waals surface area contributed by atoms with Crippen LogP contribution in [0.4, 0.5) is 0 Å². The zero-order chi connectivity index (χ0) is 22.9. The Labute approximate surface area is 196 Å². The zero-order valence-corrected chi connectivity index (χ0v) is 20.3. The molecule has 1 unspecified atom stereocenters. The molecule has 1 aliphatic heterocycles. The van der Waals surface area contributed by atoms with Crippen molar-refractivity contribution >= 4 is 21.8 Å². The minimum absolute atomic E-state index is 0.147. The van der Waals surface area contributed by atoms with Crippen molar-refractivity contribution in [3.63, 3.8) is 0 Å². The fourth-order valence-corrected chi connectivity index (χ4v) is 6.13. The Morgan fingerprint density at radius 1 is 1.09 bits per heavy atom. The van der Waals surface area contributed by atoms with E-state index in [1.54, 1.807) is 7.11 Å². The third kappa shape index (κ3) is 4.08. The molecule has 6 nitrogen and oxygen atoms in total. The van der Waals surface area contributed by atoms with E-state index in [1.165, 1.54) is 19.3 Å². The van der Waals surface area contributed by atoms with Crippen LogP contribution in [0.5, 0.6) is 5.75 Å². The van der Waals surface area contributed by atoms with Gasteiger partial charge in [0, 0.05) is 43.8 Å². The van der Waals surface area contributed by atoms with E-state index in [0.29, 0.717) is 11.8 Å². The van der Waals surface area contributed by atoms with Gasteiger partial charge in [-0.15, -0.1) is 0 Å². The number of fused-ring (bicyclic) bond motifs is 3. The number of hydrogen-bond acceptors (Lipinski definition) is 4. The first-order valence-corrected chi connectivity index (χ1v) is 12.6. The minimum atomic E-state index is 0.147. The van der Waals surface area contributed by atoms with Crippen LogP contribution >= 0.6 is 0 Å². The molecular formula is C27H37N3O3. The van der Waals surface area contributed by atoms with Crippen LogP contribution in [-0.2, 0) is 11.3 Å². The van der Waals surface area contributed by atoms with E-state index in [1.807, 2.05) is 12.1 Å². The summed E-state index contributed by atoms with van der Waals surface area (Å²) in [5.41, 5.74) is 2.19. The van der Waals surface area contributed by atoms with E-state index in [9.17, 15) is 4.79 Å². The summed E-state index contributed by atoms with van der Waals surface area (Å²) in [5, 5.41) is 1.84. The summed E-state index contributed by atoms with van der Waals surface area (Å²) in [4.78, 5) is 16.4. The van der Waals surface area contributed by atoms with Crippen LogP contribution in [0.3, 0.4) is 0 Å². The number of nitrogens with zero attached hydrogens (tertiary/aromatic N) is 3. The van der Waals surface area contributed by atoms with Crippen molar-refractivity contribution in [1.82, 2.24) is 14.0 Å². The molecule has 0 bridgehead atoms. The maximum Gasteiger partial charge on any atom is 0.260 e. The quantitative estimate of drug-likeness (QED) is 0.546. The van der Waals surface area contributed by atoms with E-state index in [4.69, 9.17) is 9.47 Å². The van der Waals surface area contributed by atoms with E-state index >= 15 is 0 Å². The van der Waals surface area contributed by atoms with Crippen molar-refractivity contribution in [2.45, 2.75) is 52.1 Å². The maximum absolute atomic E-state index is 14.0. The van der Waals surface area contributed by atoms with Gasteiger partial charge in [0.05, 0.1) is 36.7 Å². The average molecular weight is 452 g/mol. The van der Waals surface area contributed by atoms with Crippen LogP contribution in [0.1, 0.15) is 45.6 Å². The molecule has 3 aromatic rings. The van der Waals surface area contributed by atoms with Crippen molar-refractivity contribution in [3.8, 4) is 5.75 Å². The highest BCUT2D eigenvalue weighted by Crippen LogP contribution is 2.39. The standard InChI is InChI=1S/C27H37N3O3/c1-19(2)20-7-4-5-9-22(20)30-12-11-23-25(27(30)31)21-8-6-10-24(32-3)26(21)29(23)14-13-28-15-17-33-18-16-28/h6,8,10-12,19-20,22H,4-5,7,9,13-18H2,1-3H3/t20-,22?/m0/s1. The number of para-hydroxylation sites is 1. The summed E-state index contributed by atoms with van der Waals surface area (Å²) in [5.74, 6) is 1.96. The van der Waals surface area contributed by atoms with Crippen LogP contribution in [-0.4, -0.2) is 54.0 Å². The first-order chi connectivity index (χ1) is 16.1. The summed E-state index contributed by atoms with van der Waals surface area (Å²) in [6.45, 7) is 9.85. The Bertz CT molecular complexity index is 1170. The van der Waals surface area contributed by atoms with Gasteiger partial charge in [-0.05, 0) is 36.8 Å². The van der Waals surface area contributed by atoms with Crippen LogP contribution < -0.4 is 10.3 Å². The number of benzene rings is 1. The highest BCUT2D eigenvalue weighted by atomic mass is 16.5. The van der Waals surface area contributed by atoms with Gasteiger partial charge in [0.1, 0.15) is 5.75 Å². The van der Waals surface area contributed by atoms with Gasteiger partial charge in [0.2, 0.25) is 0 Å². The maximum atomic E-state index is 14.0. The second kappa shape index (κ2) is 9.51. The van der Waals surface area contributed by atoms with Gasteiger partial charge in [-0.1, -0.05) is 38.8 Å². The Balaban J connectivity index is 1.63. The summed E-state index contributed by atoms with van der Waals surface area (Å²) >= 11 is 0. The Morgan fingerprint density at radius 2 is 1.88 bits per heavy atom. The number of hydrogen-bond donors (Lipinski definition) is 0. The van der Waals surface area contributed by atoms with Crippen LogP contribution in [0.15, 0.2) is 35.3 Å². The van der Waals surface area contributed by atoms with Gasteiger partial charge in [-0.25, -0.2) is 0 Å². The molecule has 2 atom stereocenters. The summed E-state index contributed by atoms with van der Waals surface area (Å²) in [6.07, 6.45) is 6.84. The van der Waals surface area contributed by atoms with E-state index < -0.39 is 0 Å². The second-order valence-corrected chi connectivity index (χ2v) is 10.0. The largest absolute Gasteiger partial charge is 0.495 e. The molecule has 1 aliphatic carbocycles. The first-order valence-electron chi connectivity index (χ1n) is 12.6. The monoisotopic (exact) mass is 451 g/mol. The molecule has 3 heterocycles. The van der Waals surface area contributed by atoms with Crippen LogP contribution in [0.25, 0.3) is 21.8 Å². The van der Waals surface area contributed by atoms with Gasteiger partial charge >= 0.3 is 0 Å². The van der Waals surface area contributed by atoms with Crippen LogP contribution in [0.2, 0.25) is 0 Å². The molecule has 0 amide bonds. The van der Waals surface area contributed by atoms with Crippen LogP contribution in [0, 0.1) is 11.8 Å². The van der Waals surface area contributed by atoms with Gasteiger partial charge in [0.15, 0.2) is 0 Å². The molecular weight excluding hydrogens is 414 g/mol. The summed E-state index contributed by atoms with van der Waals surface area (Å²) < 4.78 is 15.6. The molecule has 6 heteroatoms. The predicted octanol–water partition coefficient (Wildman–Crippen LogP) is 4.68. The molecule has 2 fully saturated rings. The normalized spacial score (nSPS) is 22.4. The van der Waals surface area contributed by atoms with Crippen molar-refractivity contribution in [2.24, 2.45) is 11.8 Å². The zero-order valence-electron chi connectivity index (χ0n) is 20.3. The minimum Gasteiger partial charge on any atom is -0.495 e. The second-order valence-electron chi connectivity index (χ2n) is 10.0. The van der Waals surface area contributed by atoms with Crippen molar-refractivity contribution in [1.29, 1.82) is 0 Å². The average Bonchev–Trinajstić information content (AvgIpc) is 3.18. The number of ether oxygens (including phenoxy) is 2. The van der Waals surface area contributed by atoms with Crippen molar-refractivity contribution < 1.29 is 9.47 Å². The highest BCUT2D eigenvalue weighted by molar-refractivity contribution is 6.09. The number of aromatic nitrogens is 2. The highest BCUT2D eigenvalue weighted by Gasteiger charge is 2.30. The van der Waals surface area contributed by atoms with Gasteiger partial charge < -0.3 is 18.6 Å². The SMILES string of the molecule is COc1cccc2c3c(=O)n(C4CCCC[C@H]4C(C)C)ccc3n(CCN3CCOCC3)c12. The third-order valence-electron chi connectivity index (χ3n) is 7.89. The third-order valence-corrected chi connectivity index (χ3v) is 7.89. The molecule has 33 heavy (non-hydrogen) atoms. The Kier molecular flexibility index (Phi) is 6.48. The fourth-order valence-electron chi connectivity index (χ4n) is 6.13. The number of morpholine rings is 1. The van der Waals surface area contributed by atoms with E-state index in [2.05, 4.69) is 46.2 Å². The van der Waals surface area contributed by atoms with E-state index in [0.717, 1.165) is 73.4 Å². The lowest BCUT2D eigenvalue weighted by atomic mass is 9.77. The fraction of sp³-hybridized carbons (Fsp3) is 0.593. The molecule has 0 N–H and O–H groups in total. The smallest absolute Gasteiger partial charge is 0.260 e. The Hall–Kier alpha value is -2.31. The number of rotatable bonds is 6. The number of pyridine rings is 1. The summed E-state index contributed by atoms with van der Waals surface area (Å²) in [7, 11) is 1.71. The van der Waals surface area contributed by atoms with Gasteiger partial charge in [-0.2, -0.15) is 0 Å². The van der Waals surface area contributed by atoms with Crippen molar-refractivity contribution in [3.05, 3.63) is 40.8 Å². The Morgan fingerprint density at radius 3 is 2.64 bits per heavy atom. The topological polar surface area (TPSA) is 48.6 Å². The molecule has 5 rings (SSSR count). The number of methoxy groups -OCH3 is 1. The summed E-state index contributed by atoms with van der Waals surface area (Å²) in [6, 6.07) is 8.54. The van der Waals surface area contributed by atoms with Gasteiger partial charge in [-0.3, -0.25) is 9.69 Å². The van der Waals surface area contributed by atoms with Gasteiger partial charge in [0.25, 0.3) is 5.56 Å². The molecule has 0 radical (unpaired) electrons. The lowest BCUT2D eigenvalue weighted by molar-refractivity contribution is 0.0366. The van der Waals surface area contributed by atoms with E-state index in [-0.39, 0.29) is 11.6 Å². The molecule has 1 saturated heterocycles. The molecule has 1 aromatic carbocycles. The molecule has 2 aliphatic rings. The lowest BCUT2D eigenvalue weighted by Gasteiger charge is -2.35. The lowest BCUT2D eigenvalue weighted by Crippen LogP contribution is -2.38.